The van der Waals surface area contributed by atoms with E-state index in [0.717, 1.165) is 35.0 Å². The SMILES string of the molecule is C#CC(=C=C=C(CP)C1C=CCC#CC1)c1ccc(S)cc1. The van der Waals surface area contributed by atoms with Gasteiger partial charge in [0.2, 0.25) is 0 Å². The van der Waals surface area contributed by atoms with Crippen molar-refractivity contribution in [3.8, 4) is 24.2 Å². The normalized spacial score (nSPS) is 15.4. The van der Waals surface area contributed by atoms with Crippen molar-refractivity contribution < 1.29 is 0 Å². The lowest BCUT2D eigenvalue weighted by Gasteiger charge is -2.08. The third-order valence-corrected chi connectivity index (χ3v) is 4.09. The molecule has 22 heavy (non-hydrogen) atoms. The van der Waals surface area contributed by atoms with Crippen molar-refractivity contribution in [2.24, 2.45) is 5.92 Å². The van der Waals surface area contributed by atoms with E-state index >= 15 is 0 Å². The van der Waals surface area contributed by atoms with E-state index in [1.165, 1.54) is 0 Å². The molecule has 2 unspecified atom stereocenters. The summed E-state index contributed by atoms with van der Waals surface area (Å²) in [5, 5.41) is 0. The second-order valence-electron chi connectivity index (χ2n) is 4.84. The quantitative estimate of drug-likeness (QED) is 0.273. The summed E-state index contributed by atoms with van der Waals surface area (Å²) in [6.07, 6.45) is 12.4. The Bertz CT molecular complexity index is 766. The first kappa shape index (κ1) is 16.5. The molecule has 0 fully saturated rings. The van der Waals surface area contributed by atoms with Crippen LogP contribution in [0.1, 0.15) is 18.4 Å². The first-order chi connectivity index (χ1) is 10.7. The van der Waals surface area contributed by atoms with Crippen molar-refractivity contribution in [3.05, 3.63) is 59.0 Å². The zero-order chi connectivity index (χ0) is 15.8. The molecule has 0 aromatic heterocycles. The molecular weight excluding hydrogens is 303 g/mol. The maximum Gasteiger partial charge on any atom is 0.0817 e. The van der Waals surface area contributed by atoms with Gasteiger partial charge in [-0.2, -0.15) is 0 Å². The highest BCUT2D eigenvalue weighted by Gasteiger charge is 2.09. The zero-order valence-corrected chi connectivity index (χ0v) is 14.3. The summed E-state index contributed by atoms with van der Waals surface area (Å²) in [5.41, 5.74) is 9.21. The van der Waals surface area contributed by atoms with Gasteiger partial charge in [0.25, 0.3) is 0 Å². The third kappa shape index (κ3) is 4.58. The van der Waals surface area contributed by atoms with Crippen LogP contribution in [0.15, 0.2) is 58.3 Å². The van der Waals surface area contributed by atoms with Gasteiger partial charge in [-0.3, -0.25) is 0 Å². The third-order valence-electron chi connectivity index (χ3n) is 3.35. The fourth-order valence-corrected chi connectivity index (χ4v) is 2.66. The van der Waals surface area contributed by atoms with Crippen LogP contribution in [0.4, 0.5) is 0 Å². The lowest BCUT2D eigenvalue weighted by Crippen LogP contribution is -1.99. The Kier molecular flexibility index (Phi) is 6.44. The van der Waals surface area contributed by atoms with Crippen LogP contribution >= 0.6 is 21.9 Å². The molecule has 1 aromatic rings. The van der Waals surface area contributed by atoms with Crippen LogP contribution in [0.25, 0.3) is 5.57 Å². The number of allylic oxidation sites excluding steroid dienone is 4. The molecular formula is C20H17PS. The van der Waals surface area contributed by atoms with Crippen molar-refractivity contribution in [2.75, 3.05) is 6.16 Å². The largest absolute Gasteiger partial charge is 0.143 e. The molecule has 0 saturated carbocycles. The maximum atomic E-state index is 5.61. The predicted molar refractivity (Wildman–Crippen MR) is 101 cm³/mol. The minimum absolute atomic E-state index is 0.291. The topological polar surface area (TPSA) is 0 Å². The highest BCUT2D eigenvalue weighted by atomic mass is 32.1. The number of thiol groups is 1. The first-order valence-electron chi connectivity index (χ1n) is 7.07. The van der Waals surface area contributed by atoms with Gasteiger partial charge in [-0.15, -0.1) is 34.2 Å². The Labute approximate surface area is 140 Å². The molecule has 0 heterocycles. The summed E-state index contributed by atoms with van der Waals surface area (Å²) in [7, 11) is 2.75. The molecule has 2 heteroatoms. The molecule has 1 aliphatic carbocycles. The average Bonchev–Trinajstić information content (AvgIpc) is 2.82. The number of terminal acetylenes is 1. The molecule has 1 aliphatic rings. The van der Waals surface area contributed by atoms with Gasteiger partial charge in [-0.05, 0) is 29.4 Å². The first-order valence-corrected chi connectivity index (χ1v) is 8.34. The average molecular weight is 320 g/mol. The number of hydrogen-bond donors (Lipinski definition) is 1. The monoisotopic (exact) mass is 320 g/mol. The van der Waals surface area contributed by atoms with Crippen LogP contribution in [-0.2, 0) is 0 Å². The van der Waals surface area contributed by atoms with Crippen molar-refractivity contribution in [1.29, 1.82) is 0 Å². The van der Waals surface area contributed by atoms with Gasteiger partial charge >= 0.3 is 0 Å². The van der Waals surface area contributed by atoms with Crippen LogP contribution in [-0.4, -0.2) is 6.16 Å². The van der Waals surface area contributed by atoms with Crippen molar-refractivity contribution in [3.63, 3.8) is 0 Å². The highest BCUT2D eigenvalue weighted by molar-refractivity contribution is 7.80. The Morgan fingerprint density at radius 1 is 1.27 bits per heavy atom. The van der Waals surface area contributed by atoms with E-state index in [0.29, 0.717) is 11.5 Å². The van der Waals surface area contributed by atoms with Gasteiger partial charge in [0.15, 0.2) is 0 Å². The summed E-state index contributed by atoms with van der Waals surface area (Å²) in [4.78, 5) is 0.910. The Morgan fingerprint density at radius 3 is 2.73 bits per heavy atom. The molecule has 0 bridgehead atoms. The Hall–Kier alpha value is -1.84. The van der Waals surface area contributed by atoms with Gasteiger partial charge in [0.1, 0.15) is 0 Å². The standard InChI is InChI=1S/C20H17PS/c1-2-16(18-11-13-20(22)14-12-18)9-10-19(15-21)17-7-5-3-4-6-8-17/h1,5,7,11-14,17,22H,3,8,15,21H2. The molecule has 0 amide bonds. The van der Waals surface area contributed by atoms with E-state index in [-0.39, 0.29) is 0 Å². The van der Waals surface area contributed by atoms with Crippen LogP contribution in [0.5, 0.6) is 0 Å². The summed E-state index contributed by atoms with van der Waals surface area (Å²) in [6.45, 7) is 0. The predicted octanol–water partition coefficient (Wildman–Crippen LogP) is 4.52. The van der Waals surface area contributed by atoms with E-state index in [1.54, 1.807) is 0 Å². The number of hydrogen-bond acceptors (Lipinski definition) is 1. The molecule has 0 radical (unpaired) electrons. The fraction of sp³-hybridized carbons (Fsp3) is 0.200. The molecule has 0 N–H and O–H groups in total. The highest BCUT2D eigenvalue weighted by Crippen LogP contribution is 2.20. The number of benzene rings is 1. The van der Waals surface area contributed by atoms with Crippen LogP contribution in [0.2, 0.25) is 0 Å². The molecule has 0 spiro atoms. The van der Waals surface area contributed by atoms with E-state index in [2.05, 4.69) is 63.2 Å². The summed E-state index contributed by atoms with van der Waals surface area (Å²) in [5.74, 6) is 9.27. The molecule has 0 aliphatic heterocycles. The second kappa shape index (κ2) is 8.57. The Balaban J connectivity index is 2.44. The van der Waals surface area contributed by atoms with Crippen LogP contribution in [0.3, 0.4) is 0 Å². The minimum atomic E-state index is 0.291. The van der Waals surface area contributed by atoms with E-state index in [9.17, 15) is 0 Å². The fourth-order valence-electron chi connectivity index (χ4n) is 2.11. The summed E-state index contributed by atoms with van der Waals surface area (Å²) < 4.78 is 0. The van der Waals surface area contributed by atoms with Crippen LogP contribution < -0.4 is 0 Å². The lowest BCUT2D eigenvalue weighted by atomic mass is 9.97. The van der Waals surface area contributed by atoms with E-state index < -0.39 is 0 Å². The lowest BCUT2D eigenvalue weighted by molar-refractivity contribution is 0.797. The van der Waals surface area contributed by atoms with E-state index in [1.807, 2.05) is 24.3 Å². The summed E-state index contributed by atoms with van der Waals surface area (Å²) in [6, 6.07) is 7.73. The smallest absolute Gasteiger partial charge is 0.0817 e. The maximum absolute atomic E-state index is 5.61. The van der Waals surface area contributed by atoms with Gasteiger partial charge in [-0.25, -0.2) is 0 Å². The van der Waals surface area contributed by atoms with Crippen molar-refractivity contribution >= 4 is 27.4 Å². The molecule has 0 nitrogen and oxygen atoms in total. The van der Waals surface area contributed by atoms with Crippen molar-refractivity contribution in [2.45, 2.75) is 17.7 Å². The van der Waals surface area contributed by atoms with Gasteiger partial charge in [0, 0.05) is 23.7 Å². The van der Waals surface area contributed by atoms with Crippen LogP contribution in [0, 0.1) is 30.1 Å². The van der Waals surface area contributed by atoms with E-state index in [4.69, 9.17) is 6.42 Å². The molecule has 0 saturated heterocycles. The minimum Gasteiger partial charge on any atom is -0.143 e. The van der Waals surface area contributed by atoms with Gasteiger partial charge < -0.3 is 0 Å². The molecule has 2 atom stereocenters. The summed E-state index contributed by atoms with van der Waals surface area (Å²) >= 11 is 4.28. The van der Waals surface area contributed by atoms with Gasteiger partial charge in [-0.1, -0.05) is 47.6 Å². The Morgan fingerprint density at radius 2 is 2.05 bits per heavy atom. The number of rotatable bonds is 3. The second-order valence-corrected chi connectivity index (χ2v) is 5.77. The molecule has 2 rings (SSSR count). The zero-order valence-electron chi connectivity index (χ0n) is 12.3. The molecule has 1 aromatic carbocycles. The van der Waals surface area contributed by atoms with Crippen molar-refractivity contribution in [1.82, 2.24) is 0 Å². The van der Waals surface area contributed by atoms with Gasteiger partial charge in [0.05, 0.1) is 5.57 Å². The molecule has 108 valence electrons.